The molecule has 2 aromatic rings. The van der Waals surface area contributed by atoms with Crippen LogP contribution in [0.25, 0.3) is 11.1 Å². The molecule has 0 spiro atoms. The third-order valence-electron chi connectivity index (χ3n) is 3.58. The highest BCUT2D eigenvalue weighted by molar-refractivity contribution is 5.75. The van der Waals surface area contributed by atoms with Gasteiger partial charge in [0.15, 0.2) is 11.5 Å². The second-order valence-electron chi connectivity index (χ2n) is 4.86. The van der Waals surface area contributed by atoms with Crippen molar-refractivity contribution in [3.05, 3.63) is 42.0 Å². The van der Waals surface area contributed by atoms with Crippen molar-refractivity contribution in [2.45, 2.75) is 12.5 Å². The standard InChI is InChI=1S/C16H17NO3/c1-19-15-8-10(5-6-14(15)18)13-4-2-3-11-7-12(9-17)20-16(11)13/h2-6,8,12,18H,7,9,17H2,1H3. The van der Waals surface area contributed by atoms with Crippen molar-refractivity contribution in [1.29, 1.82) is 0 Å². The summed E-state index contributed by atoms with van der Waals surface area (Å²) < 4.78 is 11.1. The summed E-state index contributed by atoms with van der Waals surface area (Å²) in [6.07, 6.45) is 0.889. The molecule has 1 atom stereocenters. The molecule has 4 nitrogen and oxygen atoms in total. The molecule has 0 fully saturated rings. The van der Waals surface area contributed by atoms with Crippen LogP contribution in [-0.2, 0) is 6.42 Å². The number of hydrogen-bond donors (Lipinski definition) is 2. The number of nitrogens with two attached hydrogens (primary N) is 1. The first-order chi connectivity index (χ1) is 9.72. The number of aromatic hydroxyl groups is 1. The fourth-order valence-corrected chi connectivity index (χ4v) is 2.54. The molecule has 1 aliphatic rings. The van der Waals surface area contributed by atoms with E-state index in [1.807, 2.05) is 24.3 Å². The van der Waals surface area contributed by atoms with Gasteiger partial charge in [0.05, 0.1) is 7.11 Å². The van der Waals surface area contributed by atoms with Gasteiger partial charge in [-0.15, -0.1) is 0 Å². The molecule has 0 aliphatic carbocycles. The fraction of sp³-hybridized carbons (Fsp3) is 0.250. The number of phenols is 1. The monoisotopic (exact) mass is 271 g/mol. The van der Waals surface area contributed by atoms with Crippen molar-refractivity contribution >= 4 is 0 Å². The van der Waals surface area contributed by atoms with E-state index in [-0.39, 0.29) is 11.9 Å². The second-order valence-corrected chi connectivity index (χ2v) is 4.86. The minimum absolute atomic E-state index is 0.0464. The Morgan fingerprint density at radius 3 is 2.95 bits per heavy atom. The lowest BCUT2D eigenvalue weighted by Gasteiger charge is -2.12. The molecule has 20 heavy (non-hydrogen) atoms. The van der Waals surface area contributed by atoms with Crippen LogP contribution in [0.4, 0.5) is 0 Å². The van der Waals surface area contributed by atoms with Crippen molar-refractivity contribution in [2.24, 2.45) is 5.73 Å². The van der Waals surface area contributed by atoms with Crippen LogP contribution >= 0.6 is 0 Å². The third kappa shape index (κ3) is 2.08. The fourth-order valence-electron chi connectivity index (χ4n) is 2.54. The highest BCUT2D eigenvalue weighted by Crippen LogP contribution is 2.40. The zero-order valence-corrected chi connectivity index (χ0v) is 11.3. The van der Waals surface area contributed by atoms with Crippen LogP contribution in [0.1, 0.15) is 5.56 Å². The van der Waals surface area contributed by atoms with Crippen molar-refractivity contribution in [2.75, 3.05) is 13.7 Å². The zero-order chi connectivity index (χ0) is 14.1. The SMILES string of the molecule is COc1cc(-c2cccc3c2OC(CN)C3)ccc1O. The average molecular weight is 271 g/mol. The lowest BCUT2D eigenvalue weighted by molar-refractivity contribution is 0.242. The minimum Gasteiger partial charge on any atom is -0.504 e. The van der Waals surface area contributed by atoms with E-state index in [9.17, 15) is 5.11 Å². The zero-order valence-electron chi connectivity index (χ0n) is 11.3. The molecule has 0 amide bonds. The summed E-state index contributed by atoms with van der Waals surface area (Å²) in [6.45, 7) is 0.507. The molecule has 0 aromatic heterocycles. The van der Waals surface area contributed by atoms with Crippen LogP contribution in [0.15, 0.2) is 36.4 Å². The maximum absolute atomic E-state index is 9.68. The maximum Gasteiger partial charge on any atom is 0.161 e. The largest absolute Gasteiger partial charge is 0.504 e. The van der Waals surface area contributed by atoms with E-state index in [1.54, 1.807) is 6.07 Å². The summed E-state index contributed by atoms with van der Waals surface area (Å²) in [5, 5.41) is 9.68. The first-order valence-corrected chi connectivity index (χ1v) is 6.59. The van der Waals surface area contributed by atoms with E-state index in [0.29, 0.717) is 12.3 Å². The van der Waals surface area contributed by atoms with E-state index >= 15 is 0 Å². The molecule has 104 valence electrons. The van der Waals surface area contributed by atoms with Crippen LogP contribution in [0.3, 0.4) is 0 Å². The average Bonchev–Trinajstić information content (AvgIpc) is 2.91. The molecule has 0 saturated heterocycles. The quantitative estimate of drug-likeness (QED) is 0.899. The van der Waals surface area contributed by atoms with Crippen molar-refractivity contribution < 1.29 is 14.6 Å². The van der Waals surface area contributed by atoms with Gasteiger partial charge >= 0.3 is 0 Å². The molecule has 0 saturated carbocycles. The number of fused-ring (bicyclic) bond motifs is 1. The van der Waals surface area contributed by atoms with Gasteiger partial charge < -0.3 is 20.3 Å². The molecule has 0 bridgehead atoms. The number of methoxy groups -OCH3 is 1. The van der Waals surface area contributed by atoms with Crippen LogP contribution in [-0.4, -0.2) is 24.9 Å². The van der Waals surface area contributed by atoms with Gasteiger partial charge in [-0.25, -0.2) is 0 Å². The van der Waals surface area contributed by atoms with Crippen LogP contribution in [0.5, 0.6) is 17.2 Å². The molecule has 2 aromatic carbocycles. The number of para-hydroxylation sites is 1. The van der Waals surface area contributed by atoms with Gasteiger partial charge in [-0.1, -0.05) is 24.3 Å². The summed E-state index contributed by atoms with van der Waals surface area (Å²) in [6, 6.07) is 11.4. The molecular weight excluding hydrogens is 254 g/mol. The van der Waals surface area contributed by atoms with E-state index < -0.39 is 0 Å². The summed E-state index contributed by atoms with van der Waals surface area (Å²) in [7, 11) is 1.54. The Labute approximate surface area is 117 Å². The lowest BCUT2D eigenvalue weighted by Crippen LogP contribution is -2.24. The molecule has 0 radical (unpaired) electrons. The summed E-state index contributed by atoms with van der Waals surface area (Å²) >= 11 is 0. The molecule has 3 rings (SSSR count). The summed E-state index contributed by atoms with van der Waals surface area (Å²) in [4.78, 5) is 0. The smallest absolute Gasteiger partial charge is 0.161 e. The molecule has 1 unspecified atom stereocenters. The lowest BCUT2D eigenvalue weighted by atomic mass is 10.0. The number of benzene rings is 2. The third-order valence-corrected chi connectivity index (χ3v) is 3.58. The van der Waals surface area contributed by atoms with E-state index in [4.69, 9.17) is 15.2 Å². The first-order valence-electron chi connectivity index (χ1n) is 6.59. The Morgan fingerprint density at radius 2 is 2.20 bits per heavy atom. The number of rotatable bonds is 3. The van der Waals surface area contributed by atoms with E-state index in [2.05, 4.69) is 6.07 Å². The Balaban J connectivity index is 2.06. The van der Waals surface area contributed by atoms with Crippen LogP contribution in [0.2, 0.25) is 0 Å². The summed E-state index contributed by atoms with van der Waals surface area (Å²) in [5.41, 5.74) is 8.81. The normalized spacial score (nSPS) is 16.6. The summed E-state index contributed by atoms with van der Waals surface area (Å²) in [5.74, 6) is 1.47. The topological polar surface area (TPSA) is 64.7 Å². The molecule has 3 N–H and O–H groups in total. The van der Waals surface area contributed by atoms with E-state index in [0.717, 1.165) is 23.3 Å². The van der Waals surface area contributed by atoms with Gasteiger partial charge in [0, 0.05) is 18.5 Å². The predicted molar refractivity (Wildman–Crippen MR) is 77.3 cm³/mol. The van der Waals surface area contributed by atoms with Gasteiger partial charge in [0.25, 0.3) is 0 Å². The Morgan fingerprint density at radius 1 is 1.35 bits per heavy atom. The molecular formula is C16H17NO3. The molecule has 1 heterocycles. The van der Waals surface area contributed by atoms with Crippen LogP contribution < -0.4 is 15.2 Å². The van der Waals surface area contributed by atoms with Gasteiger partial charge in [-0.3, -0.25) is 0 Å². The Hall–Kier alpha value is -2.20. The van der Waals surface area contributed by atoms with Crippen molar-refractivity contribution in [3.8, 4) is 28.4 Å². The number of ether oxygens (including phenoxy) is 2. The van der Waals surface area contributed by atoms with Crippen molar-refractivity contribution in [1.82, 2.24) is 0 Å². The highest BCUT2D eigenvalue weighted by atomic mass is 16.5. The molecule has 1 aliphatic heterocycles. The number of phenolic OH excluding ortho intramolecular Hbond substituents is 1. The second kappa shape index (κ2) is 5.06. The van der Waals surface area contributed by atoms with Crippen molar-refractivity contribution in [3.63, 3.8) is 0 Å². The van der Waals surface area contributed by atoms with E-state index in [1.165, 1.54) is 12.7 Å². The van der Waals surface area contributed by atoms with Gasteiger partial charge in [-0.2, -0.15) is 0 Å². The van der Waals surface area contributed by atoms with Gasteiger partial charge in [0.1, 0.15) is 11.9 Å². The van der Waals surface area contributed by atoms with Crippen LogP contribution in [0, 0.1) is 0 Å². The Bertz CT molecular complexity index is 640. The minimum atomic E-state index is 0.0464. The first kappa shape index (κ1) is 12.8. The predicted octanol–water partition coefficient (Wildman–Crippen LogP) is 2.33. The van der Waals surface area contributed by atoms with Gasteiger partial charge in [0.2, 0.25) is 0 Å². The Kier molecular flexibility index (Phi) is 3.24. The number of hydrogen-bond acceptors (Lipinski definition) is 4. The molecule has 4 heteroatoms. The van der Waals surface area contributed by atoms with Gasteiger partial charge in [-0.05, 0) is 23.3 Å². The highest BCUT2D eigenvalue weighted by Gasteiger charge is 2.24. The maximum atomic E-state index is 9.68.